The van der Waals surface area contributed by atoms with Gasteiger partial charge in [0.05, 0.1) is 12.9 Å². The first-order valence-corrected chi connectivity index (χ1v) is 6.96. The largest absolute Gasteiger partial charge is 0.501 e. The standard InChI is InChI=1S/C16H21NO/c1-17-16(13-6-4-10-18-11-13)15-9-8-12-5-2-3-7-14(12)15/h2-3,5,7,11,15-17H,4,6,8-10H2,1H3. The quantitative estimate of drug-likeness (QED) is 0.881. The Bertz CT molecular complexity index is 452. The van der Waals surface area contributed by atoms with Crippen LogP contribution in [0.2, 0.25) is 0 Å². The molecule has 0 amide bonds. The molecule has 96 valence electrons. The van der Waals surface area contributed by atoms with Crippen LogP contribution in [0.1, 0.15) is 36.3 Å². The van der Waals surface area contributed by atoms with Gasteiger partial charge in [-0.3, -0.25) is 0 Å². The Morgan fingerprint density at radius 1 is 1.28 bits per heavy atom. The first-order chi connectivity index (χ1) is 8.90. The second kappa shape index (κ2) is 5.15. The molecule has 2 unspecified atom stereocenters. The van der Waals surface area contributed by atoms with Crippen molar-refractivity contribution in [1.29, 1.82) is 0 Å². The Hall–Kier alpha value is -1.28. The maximum atomic E-state index is 5.51. The molecule has 1 N–H and O–H groups in total. The van der Waals surface area contributed by atoms with Crippen molar-refractivity contribution in [2.24, 2.45) is 0 Å². The molecule has 1 aliphatic carbocycles. The zero-order chi connectivity index (χ0) is 12.4. The summed E-state index contributed by atoms with van der Waals surface area (Å²) in [4.78, 5) is 0. The molecule has 3 rings (SSSR count). The van der Waals surface area contributed by atoms with Gasteiger partial charge in [-0.15, -0.1) is 0 Å². The number of likely N-dealkylation sites (N-methyl/N-ethyl adjacent to an activating group) is 1. The van der Waals surface area contributed by atoms with E-state index in [0.29, 0.717) is 12.0 Å². The fourth-order valence-electron chi connectivity index (χ4n) is 3.39. The molecular formula is C16H21NO. The van der Waals surface area contributed by atoms with Gasteiger partial charge in [0.15, 0.2) is 0 Å². The first kappa shape index (κ1) is 11.8. The second-order valence-corrected chi connectivity index (χ2v) is 5.28. The van der Waals surface area contributed by atoms with Crippen molar-refractivity contribution in [3.05, 3.63) is 47.2 Å². The number of ether oxygens (including phenoxy) is 1. The van der Waals surface area contributed by atoms with Crippen LogP contribution in [-0.2, 0) is 11.2 Å². The highest BCUT2D eigenvalue weighted by molar-refractivity contribution is 5.38. The van der Waals surface area contributed by atoms with Crippen molar-refractivity contribution in [2.45, 2.75) is 37.6 Å². The molecule has 0 saturated carbocycles. The van der Waals surface area contributed by atoms with E-state index >= 15 is 0 Å². The van der Waals surface area contributed by atoms with Crippen molar-refractivity contribution < 1.29 is 4.74 Å². The summed E-state index contributed by atoms with van der Waals surface area (Å²) in [7, 11) is 2.07. The van der Waals surface area contributed by atoms with E-state index in [0.717, 1.165) is 13.0 Å². The van der Waals surface area contributed by atoms with Gasteiger partial charge in [0.25, 0.3) is 0 Å². The highest BCUT2D eigenvalue weighted by atomic mass is 16.5. The molecule has 2 atom stereocenters. The minimum atomic E-state index is 0.439. The molecule has 0 saturated heterocycles. The summed E-state index contributed by atoms with van der Waals surface area (Å²) in [5, 5.41) is 3.51. The molecule has 2 nitrogen and oxygen atoms in total. The zero-order valence-electron chi connectivity index (χ0n) is 11.0. The molecule has 1 aliphatic heterocycles. The van der Waals surface area contributed by atoms with E-state index in [1.54, 1.807) is 0 Å². The van der Waals surface area contributed by atoms with Crippen LogP contribution in [0.3, 0.4) is 0 Å². The molecule has 1 heterocycles. The van der Waals surface area contributed by atoms with Crippen LogP contribution in [-0.4, -0.2) is 19.7 Å². The third-order valence-corrected chi connectivity index (χ3v) is 4.25. The van der Waals surface area contributed by atoms with Gasteiger partial charge in [-0.2, -0.15) is 0 Å². The molecular weight excluding hydrogens is 222 g/mol. The van der Waals surface area contributed by atoms with Gasteiger partial charge < -0.3 is 10.1 Å². The van der Waals surface area contributed by atoms with Gasteiger partial charge in [-0.1, -0.05) is 24.3 Å². The van der Waals surface area contributed by atoms with Crippen LogP contribution in [0.15, 0.2) is 36.1 Å². The number of hydrogen-bond donors (Lipinski definition) is 1. The second-order valence-electron chi connectivity index (χ2n) is 5.28. The summed E-state index contributed by atoms with van der Waals surface area (Å²) < 4.78 is 5.51. The number of aryl methyl sites for hydroxylation is 1. The van der Waals surface area contributed by atoms with E-state index in [1.165, 1.54) is 36.0 Å². The fourth-order valence-corrected chi connectivity index (χ4v) is 3.39. The molecule has 18 heavy (non-hydrogen) atoms. The Morgan fingerprint density at radius 3 is 2.94 bits per heavy atom. The van der Waals surface area contributed by atoms with E-state index in [-0.39, 0.29) is 0 Å². The third kappa shape index (κ3) is 2.05. The molecule has 0 radical (unpaired) electrons. The topological polar surface area (TPSA) is 21.3 Å². The number of benzene rings is 1. The van der Waals surface area contributed by atoms with Gasteiger partial charge in [-0.05, 0) is 49.4 Å². The van der Waals surface area contributed by atoms with Crippen molar-refractivity contribution in [3.63, 3.8) is 0 Å². The minimum absolute atomic E-state index is 0.439. The van der Waals surface area contributed by atoms with E-state index in [1.807, 2.05) is 6.26 Å². The van der Waals surface area contributed by atoms with E-state index < -0.39 is 0 Å². The van der Waals surface area contributed by atoms with Gasteiger partial charge in [0.2, 0.25) is 0 Å². The molecule has 1 aromatic rings. The Morgan fingerprint density at radius 2 is 2.17 bits per heavy atom. The van der Waals surface area contributed by atoms with E-state index in [4.69, 9.17) is 4.74 Å². The van der Waals surface area contributed by atoms with Crippen molar-refractivity contribution in [2.75, 3.05) is 13.7 Å². The van der Waals surface area contributed by atoms with Crippen LogP contribution in [0, 0.1) is 0 Å². The zero-order valence-corrected chi connectivity index (χ0v) is 11.0. The van der Waals surface area contributed by atoms with Gasteiger partial charge in [0.1, 0.15) is 0 Å². The van der Waals surface area contributed by atoms with E-state index in [9.17, 15) is 0 Å². The van der Waals surface area contributed by atoms with E-state index in [2.05, 4.69) is 36.6 Å². The van der Waals surface area contributed by atoms with Gasteiger partial charge in [-0.25, -0.2) is 0 Å². The average molecular weight is 243 g/mol. The normalized spacial score (nSPS) is 24.1. The number of rotatable bonds is 3. The highest BCUT2D eigenvalue weighted by Gasteiger charge is 2.31. The maximum Gasteiger partial charge on any atom is 0.0876 e. The Kier molecular flexibility index (Phi) is 3.37. The summed E-state index contributed by atoms with van der Waals surface area (Å²) in [6.07, 6.45) is 6.78. The lowest BCUT2D eigenvalue weighted by molar-refractivity contribution is 0.218. The monoisotopic (exact) mass is 243 g/mol. The number of fused-ring (bicyclic) bond motifs is 1. The predicted octanol–water partition coefficient (Wildman–Crippen LogP) is 3.00. The molecule has 0 aromatic heterocycles. The van der Waals surface area contributed by atoms with Crippen LogP contribution in [0.4, 0.5) is 0 Å². The maximum absolute atomic E-state index is 5.51. The first-order valence-electron chi connectivity index (χ1n) is 6.96. The Balaban J connectivity index is 1.87. The predicted molar refractivity (Wildman–Crippen MR) is 73.6 cm³/mol. The molecule has 0 fully saturated rings. The summed E-state index contributed by atoms with van der Waals surface area (Å²) >= 11 is 0. The summed E-state index contributed by atoms with van der Waals surface area (Å²) in [5.41, 5.74) is 4.49. The SMILES string of the molecule is CNC(C1=COCCC1)C1CCc2ccccc21. The van der Waals surface area contributed by atoms with Crippen molar-refractivity contribution >= 4 is 0 Å². The van der Waals surface area contributed by atoms with Crippen LogP contribution in [0.25, 0.3) is 0 Å². The van der Waals surface area contributed by atoms with Crippen LogP contribution in [0.5, 0.6) is 0 Å². The highest BCUT2D eigenvalue weighted by Crippen LogP contribution is 2.38. The summed E-state index contributed by atoms with van der Waals surface area (Å²) in [5.74, 6) is 0.610. The third-order valence-electron chi connectivity index (χ3n) is 4.25. The molecule has 2 aliphatic rings. The summed E-state index contributed by atoms with van der Waals surface area (Å²) in [6, 6.07) is 9.32. The Labute approximate surface area is 109 Å². The molecule has 2 heteroatoms. The van der Waals surface area contributed by atoms with Crippen molar-refractivity contribution in [1.82, 2.24) is 5.32 Å². The lowest BCUT2D eigenvalue weighted by atomic mass is 9.86. The lowest BCUT2D eigenvalue weighted by Gasteiger charge is -2.28. The van der Waals surface area contributed by atoms with Crippen LogP contribution >= 0.6 is 0 Å². The average Bonchev–Trinajstić information content (AvgIpc) is 2.85. The minimum Gasteiger partial charge on any atom is -0.501 e. The molecule has 0 spiro atoms. The molecule has 1 aromatic carbocycles. The van der Waals surface area contributed by atoms with Crippen LogP contribution < -0.4 is 5.32 Å². The van der Waals surface area contributed by atoms with Gasteiger partial charge >= 0.3 is 0 Å². The fraction of sp³-hybridized carbons (Fsp3) is 0.500. The smallest absolute Gasteiger partial charge is 0.0876 e. The number of hydrogen-bond acceptors (Lipinski definition) is 2. The lowest BCUT2D eigenvalue weighted by Crippen LogP contribution is -2.34. The summed E-state index contributed by atoms with van der Waals surface area (Å²) in [6.45, 7) is 0.876. The van der Waals surface area contributed by atoms with Crippen molar-refractivity contribution in [3.8, 4) is 0 Å². The van der Waals surface area contributed by atoms with Gasteiger partial charge in [0, 0.05) is 12.0 Å². The number of nitrogens with one attached hydrogen (secondary N) is 1. The molecule has 0 bridgehead atoms.